The third-order valence-electron chi connectivity index (χ3n) is 3.96. The zero-order chi connectivity index (χ0) is 17.2. The van der Waals surface area contributed by atoms with Crippen LogP contribution >= 0.6 is 0 Å². The number of hydrogen-bond donors (Lipinski definition) is 1. The molecule has 1 N–H and O–H groups in total. The number of rotatable bonds is 10. The highest BCUT2D eigenvalue weighted by atomic mass is 16.5. The van der Waals surface area contributed by atoms with Crippen molar-refractivity contribution >= 4 is 5.97 Å². The fourth-order valence-corrected chi connectivity index (χ4v) is 2.48. The molecule has 24 heavy (non-hydrogen) atoms. The molecule has 0 aliphatic heterocycles. The molecule has 0 radical (unpaired) electrons. The highest BCUT2D eigenvalue weighted by Crippen LogP contribution is 2.13. The van der Waals surface area contributed by atoms with E-state index in [0.29, 0.717) is 12.5 Å². The van der Waals surface area contributed by atoms with Crippen LogP contribution in [0.3, 0.4) is 0 Å². The van der Waals surface area contributed by atoms with E-state index in [2.05, 4.69) is 36.2 Å². The lowest BCUT2D eigenvalue weighted by atomic mass is 10.0. The van der Waals surface area contributed by atoms with E-state index in [1.165, 1.54) is 49.9 Å². The summed E-state index contributed by atoms with van der Waals surface area (Å²) in [5.41, 5.74) is 2.60. The monoisotopic (exact) mass is 327 g/mol. The highest BCUT2D eigenvalue weighted by molar-refractivity contribution is 5.87. The van der Waals surface area contributed by atoms with Gasteiger partial charge in [0.2, 0.25) is 5.88 Å². The molecule has 2 aromatic rings. The van der Waals surface area contributed by atoms with Crippen molar-refractivity contribution in [2.75, 3.05) is 0 Å². The molecule has 128 valence electrons. The maximum Gasteiger partial charge on any atom is 0.337 e. The molecule has 4 heteroatoms. The van der Waals surface area contributed by atoms with Gasteiger partial charge in [-0.3, -0.25) is 0 Å². The van der Waals surface area contributed by atoms with E-state index in [4.69, 9.17) is 9.84 Å². The number of aryl methyl sites for hydroxylation is 1. The lowest BCUT2D eigenvalue weighted by molar-refractivity contribution is 0.0696. The van der Waals surface area contributed by atoms with Crippen LogP contribution in [0.4, 0.5) is 0 Å². The molecule has 0 amide bonds. The van der Waals surface area contributed by atoms with Gasteiger partial charge in [0.05, 0.1) is 5.56 Å². The maximum absolute atomic E-state index is 10.8. The Labute approximate surface area is 143 Å². The Morgan fingerprint density at radius 1 is 1.00 bits per heavy atom. The molecular weight excluding hydrogens is 302 g/mol. The van der Waals surface area contributed by atoms with Gasteiger partial charge < -0.3 is 9.84 Å². The number of pyridine rings is 1. The van der Waals surface area contributed by atoms with Crippen LogP contribution in [0, 0.1) is 0 Å². The summed E-state index contributed by atoms with van der Waals surface area (Å²) in [6.07, 6.45) is 8.92. The van der Waals surface area contributed by atoms with E-state index < -0.39 is 5.97 Å². The fraction of sp³-hybridized carbons (Fsp3) is 0.400. The Bertz CT molecular complexity index is 620. The highest BCUT2D eigenvalue weighted by Gasteiger charge is 2.04. The molecule has 1 aromatic carbocycles. The van der Waals surface area contributed by atoms with Gasteiger partial charge in [-0.15, -0.1) is 0 Å². The second-order valence-corrected chi connectivity index (χ2v) is 5.96. The summed E-state index contributed by atoms with van der Waals surface area (Å²) >= 11 is 0. The molecule has 0 atom stereocenters. The Hall–Kier alpha value is -2.36. The first-order chi connectivity index (χ1) is 11.7. The van der Waals surface area contributed by atoms with Crippen LogP contribution in [-0.2, 0) is 13.0 Å². The normalized spacial score (nSPS) is 10.5. The molecule has 0 aliphatic carbocycles. The molecule has 1 heterocycles. The average molecular weight is 327 g/mol. The van der Waals surface area contributed by atoms with Crippen molar-refractivity contribution in [3.8, 4) is 5.88 Å². The second kappa shape index (κ2) is 9.71. The average Bonchev–Trinajstić information content (AvgIpc) is 2.61. The van der Waals surface area contributed by atoms with E-state index in [1.54, 1.807) is 6.07 Å². The van der Waals surface area contributed by atoms with E-state index in [0.717, 1.165) is 12.0 Å². The Kier molecular flexibility index (Phi) is 7.27. The number of ether oxygens (including phenoxy) is 1. The van der Waals surface area contributed by atoms with Crippen LogP contribution in [0.25, 0.3) is 0 Å². The van der Waals surface area contributed by atoms with Gasteiger partial charge in [-0.05, 0) is 30.0 Å². The summed E-state index contributed by atoms with van der Waals surface area (Å²) in [5.74, 6) is -0.556. The minimum absolute atomic E-state index is 0.158. The predicted octanol–water partition coefficient (Wildman–Crippen LogP) is 4.87. The van der Waals surface area contributed by atoms with Gasteiger partial charge in [0, 0.05) is 12.3 Å². The molecule has 0 saturated heterocycles. The Balaban J connectivity index is 1.76. The number of unbranched alkanes of at least 4 members (excludes halogenated alkanes) is 4. The van der Waals surface area contributed by atoms with Gasteiger partial charge in [0.25, 0.3) is 0 Å². The molecule has 0 unspecified atom stereocenters. The topological polar surface area (TPSA) is 59.4 Å². The summed E-state index contributed by atoms with van der Waals surface area (Å²) in [6, 6.07) is 11.5. The van der Waals surface area contributed by atoms with Crippen molar-refractivity contribution in [2.24, 2.45) is 0 Å². The third-order valence-corrected chi connectivity index (χ3v) is 3.96. The van der Waals surface area contributed by atoms with Gasteiger partial charge in [0.15, 0.2) is 0 Å². The van der Waals surface area contributed by atoms with E-state index >= 15 is 0 Å². The van der Waals surface area contributed by atoms with Crippen molar-refractivity contribution in [3.05, 3.63) is 59.3 Å². The molecule has 0 bridgehead atoms. The van der Waals surface area contributed by atoms with Crippen molar-refractivity contribution in [1.29, 1.82) is 0 Å². The van der Waals surface area contributed by atoms with Crippen LogP contribution < -0.4 is 4.74 Å². The van der Waals surface area contributed by atoms with Crippen molar-refractivity contribution in [2.45, 2.75) is 52.1 Å². The first-order valence-corrected chi connectivity index (χ1v) is 8.59. The van der Waals surface area contributed by atoms with Gasteiger partial charge in [0.1, 0.15) is 6.61 Å². The molecular formula is C20H25NO3. The number of nitrogens with zero attached hydrogens (tertiary/aromatic N) is 1. The number of carboxylic acids is 1. The molecule has 0 aliphatic rings. The Morgan fingerprint density at radius 2 is 1.71 bits per heavy atom. The first-order valence-electron chi connectivity index (χ1n) is 8.59. The summed E-state index contributed by atoms with van der Waals surface area (Å²) < 4.78 is 5.59. The number of aromatic nitrogens is 1. The fourth-order valence-electron chi connectivity index (χ4n) is 2.48. The standard InChI is InChI=1S/C20H25NO3/c1-2-3-4-5-6-7-16-8-10-17(11-9-16)15-24-19-13-12-18(14-21-19)20(22)23/h8-14H,2-7,15H2,1H3,(H,22,23). The first kappa shape index (κ1) is 18.0. The van der Waals surface area contributed by atoms with E-state index in [9.17, 15) is 4.79 Å². The van der Waals surface area contributed by atoms with Crippen molar-refractivity contribution < 1.29 is 14.6 Å². The summed E-state index contributed by atoms with van der Waals surface area (Å²) in [7, 11) is 0. The number of carbonyl (C=O) groups is 1. The lowest BCUT2D eigenvalue weighted by Gasteiger charge is -2.07. The zero-order valence-electron chi connectivity index (χ0n) is 14.2. The summed E-state index contributed by atoms with van der Waals surface area (Å²) in [4.78, 5) is 14.8. The van der Waals surface area contributed by atoms with Crippen LogP contribution in [-0.4, -0.2) is 16.1 Å². The van der Waals surface area contributed by atoms with Gasteiger partial charge in [-0.1, -0.05) is 56.9 Å². The van der Waals surface area contributed by atoms with Crippen molar-refractivity contribution in [1.82, 2.24) is 4.98 Å². The number of aromatic carboxylic acids is 1. The third kappa shape index (κ3) is 6.03. The molecule has 2 rings (SSSR count). The van der Waals surface area contributed by atoms with E-state index in [-0.39, 0.29) is 5.56 Å². The number of carboxylic acid groups (broad SMARTS) is 1. The zero-order valence-corrected chi connectivity index (χ0v) is 14.2. The quantitative estimate of drug-likeness (QED) is 0.632. The lowest BCUT2D eigenvalue weighted by Crippen LogP contribution is -2.00. The predicted molar refractivity (Wildman–Crippen MR) is 94.4 cm³/mol. The molecule has 1 aromatic heterocycles. The molecule has 0 fully saturated rings. The number of benzene rings is 1. The van der Waals surface area contributed by atoms with E-state index in [1.807, 2.05) is 0 Å². The van der Waals surface area contributed by atoms with Crippen molar-refractivity contribution in [3.63, 3.8) is 0 Å². The van der Waals surface area contributed by atoms with Gasteiger partial charge in [-0.25, -0.2) is 9.78 Å². The minimum Gasteiger partial charge on any atom is -0.478 e. The maximum atomic E-state index is 10.8. The summed E-state index contributed by atoms with van der Waals surface area (Å²) in [6.45, 7) is 2.66. The minimum atomic E-state index is -0.987. The van der Waals surface area contributed by atoms with Crippen LogP contribution in [0.2, 0.25) is 0 Å². The molecule has 4 nitrogen and oxygen atoms in total. The van der Waals surface area contributed by atoms with Gasteiger partial charge >= 0.3 is 5.97 Å². The van der Waals surface area contributed by atoms with Crippen LogP contribution in [0.15, 0.2) is 42.6 Å². The smallest absolute Gasteiger partial charge is 0.337 e. The van der Waals surface area contributed by atoms with Gasteiger partial charge in [-0.2, -0.15) is 0 Å². The largest absolute Gasteiger partial charge is 0.478 e. The molecule has 0 saturated carbocycles. The second-order valence-electron chi connectivity index (χ2n) is 5.96. The SMILES string of the molecule is CCCCCCCc1ccc(COc2ccc(C(=O)O)cn2)cc1. The van der Waals surface area contributed by atoms with Crippen LogP contribution in [0.5, 0.6) is 5.88 Å². The Morgan fingerprint density at radius 3 is 2.33 bits per heavy atom. The number of hydrogen-bond acceptors (Lipinski definition) is 3. The summed E-state index contributed by atoms with van der Waals surface area (Å²) in [5, 5.41) is 8.83. The molecule has 0 spiro atoms. The van der Waals surface area contributed by atoms with Crippen LogP contribution in [0.1, 0.15) is 60.5 Å².